The lowest BCUT2D eigenvalue weighted by Gasteiger charge is -2.28. The molecule has 0 bridgehead atoms. The molecule has 1 fully saturated rings. The molecule has 2 heteroatoms. The Morgan fingerprint density at radius 3 is 2.69 bits per heavy atom. The maximum absolute atomic E-state index is 5.56. The van der Waals surface area contributed by atoms with Crippen LogP contribution in [0.5, 0.6) is 0 Å². The molecule has 0 unspecified atom stereocenters. The molecule has 2 rings (SSSR count). The molecule has 0 aromatic heterocycles. The standard InChI is InChI=1S/C11H15NO/c12-6-5-9-3-1-2-4-11(9)10-7-13-8-10/h1-4,10H,5-8,12H2. The Morgan fingerprint density at radius 1 is 1.31 bits per heavy atom. The summed E-state index contributed by atoms with van der Waals surface area (Å²) in [6.45, 7) is 2.48. The van der Waals surface area contributed by atoms with E-state index in [4.69, 9.17) is 10.5 Å². The van der Waals surface area contributed by atoms with E-state index in [9.17, 15) is 0 Å². The predicted octanol–water partition coefficient (Wildman–Crippen LogP) is 1.30. The lowest BCUT2D eigenvalue weighted by Crippen LogP contribution is -2.26. The van der Waals surface area contributed by atoms with Gasteiger partial charge in [-0.15, -0.1) is 0 Å². The second kappa shape index (κ2) is 3.90. The number of nitrogens with two attached hydrogens (primary N) is 1. The zero-order valence-electron chi connectivity index (χ0n) is 7.70. The molecule has 0 radical (unpaired) electrons. The molecule has 0 amide bonds. The Bertz CT molecular complexity index is 281. The van der Waals surface area contributed by atoms with E-state index in [1.165, 1.54) is 11.1 Å². The molecule has 70 valence electrons. The topological polar surface area (TPSA) is 35.2 Å². The van der Waals surface area contributed by atoms with Crippen LogP contribution in [0.4, 0.5) is 0 Å². The highest BCUT2D eigenvalue weighted by Crippen LogP contribution is 2.26. The van der Waals surface area contributed by atoms with Gasteiger partial charge < -0.3 is 10.5 Å². The largest absolute Gasteiger partial charge is 0.380 e. The van der Waals surface area contributed by atoms with Crippen molar-refractivity contribution in [1.29, 1.82) is 0 Å². The maximum Gasteiger partial charge on any atom is 0.0557 e. The average Bonchev–Trinajstić information content (AvgIpc) is 2.05. The first-order valence-corrected chi connectivity index (χ1v) is 4.77. The van der Waals surface area contributed by atoms with E-state index in [1.807, 2.05) is 0 Å². The monoisotopic (exact) mass is 177 g/mol. The molecule has 0 spiro atoms. The summed E-state index contributed by atoms with van der Waals surface area (Å²) in [7, 11) is 0. The summed E-state index contributed by atoms with van der Waals surface area (Å²) in [5.41, 5.74) is 8.37. The van der Waals surface area contributed by atoms with Crippen LogP contribution in [0.3, 0.4) is 0 Å². The van der Waals surface area contributed by atoms with Crippen LogP contribution in [0.25, 0.3) is 0 Å². The number of ether oxygens (including phenoxy) is 1. The quantitative estimate of drug-likeness (QED) is 0.755. The molecule has 13 heavy (non-hydrogen) atoms. The third-order valence-electron chi connectivity index (χ3n) is 2.55. The van der Waals surface area contributed by atoms with Crippen LogP contribution in [0, 0.1) is 0 Å². The van der Waals surface area contributed by atoms with Crippen molar-refractivity contribution in [2.45, 2.75) is 12.3 Å². The van der Waals surface area contributed by atoms with Crippen LogP contribution in [-0.4, -0.2) is 19.8 Å². The van der Waals surface area contributed by atoms with E-state index in [-0.39, 0.29) is 0 Å². The molecular formula is C11H15NO. The summed E-state index contributed by atoms with van der Waals surface area (Å²) >= 11 is 0. The molecule has 1 aliphatic heterocycles. The SMILES string of the molecule is NCCc1ccccc1C1COC1. The predicted molar refractivity (Wildman–Crippen MR) is 52.8 cm³/mol. The first-order valence-electron chi connectivity index (χ1n) is 4.77. The molecule has 1 aromatic rings. The van der Waals surface area contributed by atoms with Gasteiger partial charge in [0.25, 0.3) is 0 Å². The van der Waals surface area contributed by atoms with Crippen molar-refractivity contribution in [3.8, 4) is 0 Å². The van der Waals surface area contributed by atoms with E-state index in [1.54, 1.807) is 0 Å². The Kier molecular flexibility index (Phi) is 2.62. The summed E-state index contributed by atoms with van der Waals surface area (Å²) in [5, 5.41) is 0. The van der Waals surface area contributed by atoms with Gasteiger partial charge in [-0.3, -0.25) is 0 Å². The summed E-state index contributed by atoms with van der Waals surface area (Å²) in [4.78, 5) is 0. The van der Waals surface area contributed by atoms with Crippen LogP contribution in [0.15, 0.2) is 24.3 Å². The zero-order valence-corrected chi connectivity index (χ0v) is 7.70. The fourth-order valence-corrected chi connectivity index (χ4v) is 1.73. The smallest absolute Gasteiger partial charge is 0.0557 e. The van der Waals surface area contributed by atoms with Crippen molar-refractivity contribution in [3.05, 3.63) is 35.4 Å². The zero-order chi connectivity index (χ0) is 9.10. The van der Waals surface area contributed by atoms with Crippen molar-refractivity contribution < 1.29 is 4.74 Å². The van der Waals surface area contributed by atoms with Gasteiger partial charge in [-0.2, -0.15) is 0 Å². The Morgan fingerprint density at radius 2 is 2.08 bits per heavy atom. The van der Waals surface area contributed by atoms with Gasteiger partial charge in [0.2, 0.25) is 0 Å². The molecule has 2 nitrogen and oxygen atoms in total. The van der Waals surface area contributed by atoms with Gasteiger partial charge in [0.1, 0.15) is 0 Å². The van der Waals surface area contributed by atoms with E-state index >= 15 is 0 Å². The highest BCUT2D eigenvalue weighted by Gasteiger charge is 2.22. The molecule has 1 aromatic carbocycles. The highest BCUT2D eigenvalue weighted by molar-refractivity contribution is 5.31. The van der Waals surface area contributed by atoms with Gasteiger partial charge in [0.05, 0.1) is 13.2 Å². The normalized spacial score (nSPS) is 17.0. The van der Waals surface area contributed by atoms with Crippen LogP contribution >= 0.6 is 0 Å². The minimum atomic E-state index is 0.614. The lowest BCUT2D eigenvalue weighted by atomic mass is 9.91. The Balaban J connectivity index is 2.20. The third kappa shape index (κ3) is 1.74. The molecule has 1 aliphatic rings. The number of hydrogen-bond acceptors (Lipinski definition) is 2. The van der Waals surface area contributed by atoms with Gasteiger partial charge in [-0.25, -0.2) is 0 Å². The molecular weight excluding hydrogens is 162 g/mol. The summed E-state index contributed by atoms with van der Waals surface area (Å²) in [6.07, 6.45) is 0.979. The highest BCUT2D eigenvalue weighted by atomic mass is 16.5. The number of benzene rings is 1. The second-order valence-corrected chi connectivity index (χ2v) is 3.47. The molecule has 1 heterocycles. The molecule has 1 saturated heterocycles. The first kappa shape index (κ1) is 8.73. The number of rotatable bonds is 3. The van der Waals surface area contributed by atoms with Gasteiger partial charge in [-0.1, -0.05) is 24.3 Å². The van der Waals surface area contributed by atoms with Crippen molar-refractivity contribution in [1.82, 2.24) is 0 Å². The van der Waals surface area contributed by atoms with Crippen LogP contribution < -0.4 is 5.73 Å². The second-order valence-electron chi connectivity index (χ2n) is 3.47. The first-order chi connectivity index (χ1) is 6.42. The summed E-state index contributed by atoms with van der Waals surface area (Å²) in [5.74, 6) is 0.614. The van der Waals surface area contributed by atoms with E-state index in [0.717, 1.165) is 26.2 Å². The molecule has 0 saturated carbocycles. The van der Waals surface area contributed by atoms with Gasteiger partial charge >= 0.3 is 0 Å². The van der Waals surface area contributed by atoms with Gasteiger partial charge in [0.15, 0.2) is 0 Å². The van der Waals surface area contributed by atoms with Crippen LogP contribution in [0.2, 0.25) is 0 Å². The van der Waals surface area contributed by atoms with Crippen molar-refractivity contribution in [3.63, 3.8) is 0 Å². The summed E-state index contributed by atoms with van der Waals surface area (Å²) < 4.78 is 5.19. The molecule has 0 aliphatic carbocycles. The fraction of sp³-hybridized carbons (Fsp3) is 0.455. The third-order valence-corrected chi connectivity index (χ3v) is 2.55. The van der Waals surface area contributed by atoms with Crippen molar-refractivity contribution in [2.24, 2.45) is 5.73 Å². The number of hydrogen-bond donors (Lipinski definition) is 1. The minimum absolute atomic E-state index is 0.614. The Labute approximate surface area is 78.7 Å². The average molecular weight is 177 g/mol. The summed E-state index contributed by atoms with van der Waals surface area (Å²) in [6, 6.07) is 8.53. The van der Waals surface area contributed by atoms with Crippen LogP contribution in [0.1, 0.15) is 17.0 Å². The Hall–Kier alpha value is -0.860. The van der Waals surface area contributed by atoms with E-state index in [0.29, 0.717) is 5.92 Å². The fourth-order valence-electron chi connectivity index (χ4n) is 1.73. The lowest BCUT2D eigenvalue weighted by molar-refractivity contribution is 0.00808. The van der Waals surface area contributed by atoms with Gasteiger partial charge in [-0.05, 0) is 24.1 Å². The van der Waals surface area contributed by atoms with Crippen molar-refractivity contribution >= 4 is 0 Å². The van der Waals surface area contributed by atoms with E-state index < -0.39 is 0 Å². The van der Waals surface area contributed by atoms with Gasteiger partial charge in [0, 0.05) is 5.92 Å². The van der Waals surface area contributed by atoms with E-state index in [2.05, 4.69) is 24.3 Å². The minimum Gasteiger partial charge on any atom is -0.380 e. The maximum atomic E-state index is 5.56. The molecule has 0 atom stereocenters. The molecule has 2 N–H and O–H groups in total. The van der Waals surface area contributed by atoms with Crippen LogP contribution in [-0.2, 0) is 11.2 Å². The van der Waals surface area contributed by atoms with Crippen molar-refractivity contribution in [2.75, 3.05) is 19.8 Å².